The van der Waals surface area contributed by atoms with Crippen LogP contribution in [0.4, 0.5) is 5.69 Å². The summed E-state index contributed by atoms with van der Waals surface area (Å²) in [4.78, 5) is 22.2. The maximum absolute atomic E-state index is 13.7. The van der Waals surface area contributed by atoms with Crippen LogP contribution in [-0.2, 0) is 13.0 Å². The van der Waals surface area contributed by atoms with E-state index in [1.807, 2.05) is 65.7 Å². The van der Waals surface area contributed by atoms with Crippen molar-refractivity contribution >= 4 is 34.3 Å². The number of aromatic nitrogens is 1. The first-order valence-corrected chi connectivity index (χ1v) is 11.3. The van der Waals surface area contributed by atoms with Gasteiger partial charge in [0, 0.05) is 10.6 Å². The molecule has 0 unspecified atom stereocenters. The lowest BCUT2D eigenvalue weighted by molar-refractivity contribution is 0.0981. The summed E-state index contributed by atoms with van der Waals surface area (Å²) in [6.07, 6.45) is 0.975. The molecule has 0 bridgehead atoms. The Balaban J connectivity index is 1.75. The van der Waals surface area contributed by atoms with Crippen molar-refractivity contribution in [1.29, 1.82) is 0 Å². The van der Waals surface area contributed by atoms with Gasteiger partial charge >= 0.3 is 0 Å². The predicted molar refractivity (Wildman–Crippen MR) is 123 cm³/mol. The molecular weight excluding hydrogens is 396 g/mol. The molecule has 4 rings (SSSR count). The molecule has 2 heterocycles. The highest BCUT2D eigenvalue weighted by Crippen LogP contribution is 2.32. The highest BCUT2D eigenvalue weighted by atomic mass is 32.1. The number of hydrogen-bond acceptors (Lipinski definition) is 4. The molecule has 0 saturated heterocycles. The van der Waals surface area contributed by atoms with Crippen molar-refractivity contribution in [2.75, 3.05) is 4.90 Å². The minimum absolute atomic E-state index is 0.0640. The Kier molecular flexibility index (Phi) is 5.88. The largest absolute Gasteiger partial charge is 0.302 e. The van der Waals surface area contributed by atoms with Gasteiger partial charge in [0.1, 0.15) is 5.69 Å². The predicted octanol–water partition coefficient (Wildman–Crippen LogP) is 6.59. The van der Waals surface area contributed by atoms with Crippen molar-refractivity contribution in [1.82, 2.24) is 4.98 Å². The fourth-order valence-electron chi connectivity index (χ4n) is 3.24. The molecule has 0 saturated carbocycles. The van der Waals surface area contributed by atoms with E-state index in [0.29, 0.717) is 12.2 Å². The van der Waals surface area contributed by atoms with Gasteiger partial charge in [-0.2, -0.15) is 0 Å². The lowest BCUT2D eigenvalue weighted by Gasteiger charge is -2.22. The third-order valence-electron chi connectivity index (χ3n) is 4.77. The van der Waals surface area contributed by atoms with Gasteiger partial charge in [-0.3, -0.25) is 4.79 Å². The number of nitrogens with zero attached hydrogens (tertiary/aromatic N) is 2. The molecule has 5 heteroatoms. The van der Waals surface area contributed by atoms with Crippen LogP contribution in [0, 0.1) is 6.92 Å². The molecule has 2 aromatic heterocycles. The highest BCUT2D eigenvalue weighted by Gasteiger charge is 2.25. The Hall–Kier alpha value is -2.76. The fourth-order valence-corrected chi connectivity index (χ4v) is 4.84. The van der Waals surface area contributed by atoms with E-state index < -0.39 is 0 Å². The van der Waals surface area contributed by atoms with E-state index >= 15 is 0 Å². The number of carbonyl (C=O) groups excluding carboxylic acids is 1. The minimum atomic E-state index is -0.0640. The number of carbonyl (C=O) groups is 1. The molecule has 29 heavy (non-hydrogen) atoms. The van der Waals surface area contributed by atoms with E-state index in [9.17, 15) is 4.79 Å². The molecule has 0 fully saturated rings. The number of hydrogen-bond donors (Lipinski definition) is 0. The lowest BCUT2D eigenvalue weighted by atomic mass is 10.1. The number of amides is 1. The van der Waals surface area contributed by atoms with Crippen LogP contribution in [0.15, 0.2) is 72.1 Å². The molecule has 146 valence electrons. The second-order valence-electron chi connectivity index (χ2n) is 6.77. The molecule has 0 N–H and O–H groups in total. The lowest BCUT2D eigenvalue weighted by Crippen LogP contribution is -2.30. The number of thiophene rings is 1. The van der Waals surface area contributed by atoms with E-state index in [1.165, 1.54) is 5.56 Å². The zero-order valence-corrected chi connectivity index (χ0v) is 18.1. The zero-order valence-electron chi connectivity index (χ0n) is 16.5. The van der Waals surface area contributed by atoms with Gasteiger partial charge in [0.2, 0.25) is 0 Å². The molecule has 0 aliphatic rings. The number of thiazole rings is 1. The Labute approximate surface area is 179 Å². The topological polar surface area (TPSA) is 33.2 Å². The van der Waals surface area contributed by atoms with Gasteiger partial charge in [-0.05, 0) is 48.1 Å². The smallest absolute Gasteiger partial charge is 0.278 e. The maximum atomic E-state index is 13.7. The van der Waals surface area contributed by atoms with E-state index in [0.717, 1.165) is 32.4 Å². The van der Waals surface area contributed by atoms with E-state index in [-0.39, 0.29) is 5.91 Å². The average molecular weight is 419 g/mol. The molecule has 3 nitrogen and oxygen atoms in total. The van der Waals surface area contributed by atoms with Crippen molar-refractivity contribution in [3.05, 3.63) is 93.3 Å². The molecule has 0 aliphatic carbocycles. The van der Waals surface area contributed by atoms with Gasteiger partial charge in [0.05, 0.1) is 16.4 Å². The average Bonchev–Trinajstić information content (AvgIpc) is 3.42. The van der Waals surface area contributed by atoms with Crippen LogP contribution in [0.1, 0.15) is 32.9 Å². The van der Waals surface area contributed by atoms with Crippen LogP contribution in [0.3, 0.4) is 0 Å². The molecule has 4 aromatic rings. The van der Waals surface area contributed by atoms with Crippen LogP contribution in [0.25, 0.3) is 10.4 Å². The van der Waals surface area contributed by atoms with Crippen molar-refractivity contribution in [2.24, 2.45) is 0 Å². The third-order valence-corrected chi connectivity index (χ3v) is 6.65. The van der Waals surface area contributed by atoms with Crippen LogP contribution in [0.2, 0.25) is 0 Å². The summed E-state index contributed by atoms with van der Waals surface area (Å²) in [5.74, 6) is -0.0640. The van der Waals surface area contributed by atoms with Gasteiger partial charge in [0.25, 0.3) is 5.91 Å². The second kappa shape index (κ2) is 8.72. The zero-order chi connectivity index (χ0) is 20.2. The molecule has 1 amide bonds. The Bertz CT molecular complexity index is 1080. The third kappa shape index (κ3) is 4.31. The molecular formula is C24H22N2OS2. The summed E-state index contributed by atoms with van der Waals surface area (Å²) < 4.78 is 0. The van der Waals surface area contributed by atoms with Gasteiger partial charge in [-0.15, -0.1) is 22.7 Å². The van der Waals surface area contributed by atoms with Crippen molar-refractivity contribution in [3.63, 3.8) is 0 Å². The van der Waals surface area contributed by atoms with Crippen LogP contribution < -0.4 is 4.90 Å². The van der Waals surface area contributed by atoms with Gasteiger partial charge in [-0.25, -0.2) is 4.98 Å². The van der Waals surface area contributed by atoms with Gasteiger partial charge < -0.3 is 4.90 Å². The summed E-state index contributed by atoms with van der Waals surface area (Å²) in [5, 5.41) is 2.94. The Morgan fingerprint density at radius 3 is 2.41 bits per heavy atom. The molecule has 0 radical (unpaired) electrons. The van der Waals surface area contributed by atoms with Gasteiger partial charge in [0.15, 0.2) is 0 Å². The molecule has 0 spiro atoms. The fraction of sp³-hybridized carbons (Fsp3) is 0.167. The number of rotatable bonds is 6. The van der Waals surface area contributed by atoms with E-state index in [1.54, 1.807) is 22.7 Å². The number of benzene rings is 2. The summed E-state index contributed by atoms with van der Waals surface area (Å²) in [6, 6.07) is 22.4. The first-order valence-electron chi connectivity index (χ1n) is 9.61. The normalized spacial score (nSPS) is 10.8. The molecule has 0 aliphatic heterocycles. The van der Waals surface area contributed by atoms with Crippen LogP contribution in [0.5, 0.6) is 0 Å². The van der Waals surface area contributed by atoms with Crippen molar-refractivity contribution in [3.8, 4) is 10.4 Å². The standard InChI is InChI=1S/C24H22N2OS2/c1-3-18-11-13-20(14-12-18)26(16-21-10-7-15-28-21)24(27)22-23(29-17(2)25-22)19-8-5-4-6-9-19/h4-15H,3,16H2,1-2H3. The quantitative estimate of drug-likeness (QED) is 0.354. The van der Waals surface area contributed by atoms with Crippen LogP contribution >= 0.6 is 22.7 Å². The molecule has 2 aromatic carbocycles. The summed E-state index contributed by atoms with van der Waals surface area (Å²) in [6.45, 7) is 4.62. The monoisotopic (exact) mass is 418 g/mol. The number of anilines is 1. The van der Waals surface area contributed by atoms with Crippen LogP contribution in [-0.4, -0.2) is 10.9 Å². The highest BCUT2D eigenvalue weighted by molar-refractivity contribution is 7.15. The first kappa shape index (κ1) is 19.6. The van der Waals surface area contributed by atoms with Crippen molar-refractivity contribution in [2.45, 2.75) is 26.8 Å². The second-order valence-corrected chi connectivity index (χ2v) is 9.00. The van der Waals surface area contributed by atoms with E-state index in [4.69, 9.17) is 0 Å². The Morgan fingerprint density at radius 2 is 1.76 bits per heavy atom. The van der Waals surface area contributed by atoms with Crippen molar-refractivity contribution < 1.29 is 4.79 Å². The van der Waals surface area contributed by atoms with E-state index in [2.05, 4.69) is 30.1 Å². The Morgan fingerprint density at radius 1 is 1.00 bits per heavy atom. The summed E-state index contributed by atoms with van der Waals surface area (Å²) in [7, 11) is 0. The maximum Gasteiger partial charge on any atom is 0.278 e. The molecule has 0 atom stereocenters. The minimum Gasteiger partial charge on any atom is -0.302 e. The first-order chi connectivity index (χ1) is 14.2. The SMILES string of the molecule is CCc1ccc(N(Cc2cccs2)C(=O)c2nc(C)sc2-c2ccccc2)cc1. The summed E-state index contributed by atoms with van der Waals surface area (Å²) in [5.41, 5.74) is 3.70. The number of aryl methyl sites for hydroxylation is 2. The van der Waals surface area contributed by atoms with Gasteiger partial charge in [-0.1, -0.05) is 55.5 Å². The summed E-state index contributed by atoms with van der Waals surface area (Å²) >= 11 is 3.23.